The molecule has 10 heteroatoms. The number of nitrogens with zero attached hydrogens (tertiary/aromatic N) is 1. The van der Waals surface area contributed by atoms with Crippen molar-refractivity contribution >= 4 is 29.7 Å². The number of fused-ring (bicyclic) bond motifs is 2. The normalized spacial score (nSPS) is 27.5. The van der Waals surface area contributed by atoms with Crippen molar-refractivity contribution in [2.75, 3.05) is 6.54 Å². The van der Waals surface area contributed by atoms with E-state index >= 15 is 0 Å². The molecule has 42 heavy (non-hydrogen) atoms. The second kappa shape index (κ2) is 13.1. The average molecular weight is 582 g/mol. The van der Waals surface area contributed by atoms with Crippen LogP contribution in [0.5, 0.6) is 0 Å². The SMILES string of the molecule is CC(C)(C)OC(=O)N[C@H]1CCCCC/C=C\[C@@H]2C[C@@]2(C(=O)NCc2cccc(C(=O)O)c2)CC(=O)[C@@H]2CCCN2C1=O. The number of amides is 3. The molecule has 1 aromatic carbocycles. The topological polar surface area (TPSA) is 142 Å². The van der Waals surface area contributed by atoms with Gasteiger partial charge in [-0.1, -0.05) is 37.1 Å². The summed E-state index contributed by atoms with van der Waals surface area (Å²) in [5.74, 6) is -1.79. The van der Waals surface area contributed by atoms with Gasteiger partial charge in [-0.2, -0.15) is 0 Å². The number of allylic oxidation sites excluding steroid dienone is 2. The Morgan fingerprint density at radius 2 is 1.88 bits per heavy atom. The van der Waals surface area contributed by atoms with Crippen LogP contribution in [0.4, 0.5) is 4.79 Å². The summed E-state index contributed by atoms with van der Waals surface area (Å²) in [6, 6.07) is 4.97. The summed E-state index contributed by atoms with van der Waals surface area (Å²) in [5.41, 5.74) is -0.808. The smallest absolute Gasteiger partial charge is 0.408 e. The number of ether oxygens (including phenoxy) is 1. The minimum atomic E-state index is -1.04. The highest BCUT2D eigenvalue weighted by atomic mass is 16.6. The molecule has 3 amide bonds. The number of carboxylic acid groups (broad SMARTS) is 1. The van der Waals surface area contributed by atoms with Crippen molar-refractivity contribution in [3.63, 3.8) is 0 Å². The zero-order chi connectivity index (χ0) is 30.5. The molecule has 0 spiro atoms. The standard InChI is InChI=1S/C32H43N3O7/c1-31(2,3)42-30(41)34-24-14-8-6-4-5-7-13-23-18-32(23,19-26(36)25-15-10-16-35(25)27(24)37)29(40)33-20-21-11-9-12-22(17-21)28(38)39/h7,9,11-13,17,23-25H,4-6,8,10,14-16,18-20H2,1-3H3,(H,33,40)(H,34,41)(H,38,39)/b13-7-/t23-,24+,25+,32-/m1/s1. The van der Waals surface area contributed by atoms with Gasteiger partial charge in [-0.05, 0) is 82.9 Å². The average Bonchev–Trinajstić information content (AvgIpc) is 3.38. The van der Waals surface area contributed by atoms with E-state index in [1.807, 2.05) is 6.08 Å². The molecule has 3 N–H and O–H groups in total. The van der Waals surface area contributed by atoms with Gasteiger partial charge in [0.15, 0.2) is 5.78 Å². The number of aromatic carboxylic acids is 1. The second-order valence-electron chi connectivity index (χ2n) is 12.8. The van der Waals surface area contributed by atoms with Gasteiger partial charge >= 0.3 is 12.1 Å². The molecule has 3 aliphatic rings. The van der Waals surface area contributed by atoms with Crippen LogP contribution >= 0.6 is 0 Å². The highest BCUT2D eigenvalue weighted by Gasteiger charge is 2.60. The van der Waals surface area contributed by atoms with Crippen LogP contribution in [0.15, 0.2) is 36.4 Å². The number of hydrogen-bond acceptors (Lipinski definition) is 6. The van der Waals surface area contributed by atoms with Gasteiger partial charge in [0.1, 0.15) is 11.6 Å². The highest BCUT2D eigenvalue weighted by Crippen LogP contribution is 2.57. The van der Waals surface area contributed by atoms with E-state index < -0.39 is 35.2 Å². The highest BCUT2D eigenvalue weighted by molar-refractivity contribution is 5.97. The first-order valence-electron chi connectivity index (χ1n) is 15.0. The third-order valence-corrected chi connectivity index (χ3v) is 8.33. The Kier molecular flexibility index (Phi) is 9.74. The van der Waals surface area contributed by atoms with E-state index in [-0.39, 0.29) is 42.0 Å². The molecule has 0 radical (unpaired) electrons. The number of nitrogens with one attached hydrogen (secondary N) is 2. The second-order valence-corrected chi connectivity index (χ2v) is 12.8. The molecule has 2 heterocycles. The number of ketones is 1. The summed E-state index contributed by atoms with van der Waals surface area (Å²) in [5, 5.41) is 15.0. The van der Waals surface area contributed by atoms with E-state index in [4.69, 9.17) is 4.74 Å². The summed E-state index contributed by atoms with van der Waals surface area (Å²) in [4.78, 5) is 66.6. The third-order valence-electron chi connectivity index (χ3n) is 8.33. The Bertz CT molecular complexity index is 1240. The number of benzene rings is 1. The van der Waals surface area contributed by atoms with Crippen LogP contribution in [0.25, 0.3) is 0 Å². The van der Waals surface area contributed by atoms with Gasteiger partial charge in [-0.25, -0.2) is 9.59 Å². The van der Waals surface area contributed by atoms with E-state index in [2.05, 4.69) is 16.7 Å². The molecule has 10 nitrogen and oxygen atoms in total. The molecule has 4 atom stereocenters. The maximum Gasteiger partial charge on any atom is 0.408 e. The number of Topliss-reactive ketones (excluding diaryl/α,β-unsaturated/α-hetero) is 1. The predicted molar refractivity (Wildman–Crippen MR) is 156 cm³/mol. The maximum atomic E-state index is 13.8. The third kappa shape index (κ3) is 7.77. The maximum absolute atomic E-state index is 13.8. The molecule has 1 saturated heterocycles. The lowest BCUT2D eigenvalue weighted by Crippen LogP contribution is -2.52. The van der Waals surface area contributed by atoms with E-state index in [1.165, 1.54) is 12.1 Å². The fourth-order valence-corrected chi connectivity index (χ4v) is 6.05. The summed E-state index contributed by atoms with van der Waals surface area (Å²) < 4.78 is 5.41. The van der Waals surface area contributed by atoms with E-state index in [0.717, 1.165) is 25.7 Å². The minimum Gasteiger partial charge on any atom is -0.478 e. The fraction of sp³-hybridized carbons (Fsp3) is 0.594. The van der Waals surface area contributed by atoms with Gasteiger partial charge in [0.2, 0.25) is 11.8 Å². The van der Waals surface area contributed by atoms with Gasteiger partial charge in [0, 0.05) is 19.5 Å². The van der Waals surface area contributed by atoms with Crippen LogP contribution < -0.4 is 10.6 Å². The van der Waals surface area contributed by atoms with Crippen molar-refractivity contribution in [2.45, 2.75) is 103 Å². The quantitative estimate of drug-likeness (QED) is 0.438. The molecule has 0 bridgehead atoms. The van der Waals surface area contributed by atoms with Crippen molar-refractivity contribution in [3.05, 3.63) is 47.5 Å². The summed E-state index contributed by atoms with van der Waals surface area (Å²) >= 11 is 0. The summed E-state index contributed by atoms with van der Waals surface area (Å²) in [7, 11) is 0. The molecule has 1 aliphatic carbocycles. The minimum absolute atomic E-state index is 0.0155. The van der Waals surface area contributed by atoms with Gasteiger partial charge in [0.05, 0.1) is 17.0 Å². The lowest BCUT2D eigenvalue weighted by molar-refractivity contribution is -0.140. The zero-order valence-electron chi connectivity index (χ0n) is 24.8. The Labute approximate surface area is 247 Å². The first-order valence-corrected chi connectivity index (χ1v) is 15.0. The van der Waals surface area contributed by atoms with E-state index in [0.29, 0.717) is 37.8 Å². The number of rotatable bonds is 5. The Hall–Kier alpha value is -3.69. The van der Waals surface area contributed by atoms with E-state index in [9.17, 15) is 29.1 Å². The van der Waals surface area contributed by atoms with Crippen LogP contribution in [0, 0.1) is 11.3 Å². The van der Waals surface area contributed by atoms with Gasteiger partial charge in [0.25, 0.3) is 0 Å². The van der Waals surface area contributed by atoms with Crippen molar-refractivity contribution in [1.29, 1.82) is 0 Å². The fourth-order valence-electron chi connectivity index (χ4n) is 6.05. The van der Waals surface area contributed by atoms with Crippen molar-refractivity contribution in [1.82, 2.24) is 15.5 Å². The number of carbonyl (C=O) groups is 5. The van der Waals surface area contributed by atoms with E-state index in [1.54, 1.807) is 37.8 Å². The van der Waals surface area contributed by atoms with Gasteiger partial charge in [-0.15, -0.1) is 0 Å². The molecule has 2 aliphatic heterocycles. The van der Waals surface area contributed by atoms with Crippen molar-refractivity contribution in [2.24, 2.45) is 11.3 Å². The number of hydrogen-bond donors (Lipinski definition) is 3. The number of carbonyl (C=O) groups excluding carboxylic acids is 4. The van der Waals surface area contributed by atoms with Crippen molar-refractivity contribution < 1.29 is 33.8 Å². The molecule has 0 aromatic heterocycles. The molecule has 2 fully saturated rings. The molecule has 1 saturated carbocycles. The number of alkyl carbamates (subject to hydrolysis) is 1. The largest absolute Gasteiger partial charge is 0.478 e. The lowest BCUT2D eigenvalue weighted by atomic mass is 9.91. The molecular weight excluding hydrogens is 538 g/mol. The molecule has 228 valence electrons. The predicted octanol–water partition coefficient (Wildman–Crippen LogP) is 4.37. The zero-order valence-corrected chi connectivity index (χ0v) is 24.8. The van der Waals surface area contributed by atoms with Crippen LogP contribution in [0.1, 0.15) is 94.5 Å². The molecular formula is C32H43N3O7. The van der Waals surface area contributed by atoms with Crippen LogP contribution in [-0.2, 0) is 25.7 Å². The first-order chi connectivity index (χ1) is 19.9. The Morgan fingerprint density at radius 3 is 2.62 bits per heavy atom. The number of carboxylic acids is 1. The van der Waals surface area contributed by atoms with Gasteiger partial charge in [-0.3, -0.25) is 14.4 Å². The summed E-state index contributed by atoms with van der Waals surface area (Å²) in [6.45, 7) is 5.86. The first kappa shape index (κ1) is 31.3. The molecule has 4 rings (SSSR count). The van der Waals surface area contributed by atoms with Gasteiger partial charge < -0.3 is 25.4 Å². The molecule has 0 unspecified atom stereocenters. The monoisotopic (exact) mass is 581 g/mol. The van der Waals surface area contributed by atoms with Crippen LogP contribution in [0.2, 0.25) is 0 Å². The van der Waals surface area contributed by atoms with Crippen LogP contribution in [-0.4, -0.2) is 63.9 Å². The summed E-state index contributed by atoms with van der Waals surface area (Å²) in [6.07, 6.45) is 8.99. The molecule has 1 aromatic rings. The Balaban J connectivity index is 1.51. The lowest BCUT2D eigenvalue weighted by Gasteiger charge is -2.30. The van der Waals surface area contributed by atoms with Crippen LogP contribution in [0.3, 0.4) is 0 Å². The van der Waals surface area contributed by atoms with Crippen molar-refractivity contribution in [3.8, 4) is 0 Å². The Morgan fingerprint density at radius 1 is 1.10 bits per heavy atom.